The van der Waals surface area contributed by atoms with Crippen LogP contribution < -0.4 is 9.47 Å². The lowest BCUT2D eigenvalue weighted by molar-refractivity contribution is 0.216. The van der Waals surface area contributed by atoms with E-state index in [-0.39, 0.29) is 6.61 Å². The van der Waals surface area contributed by atoms with Gasteiger partial charge >= 0.3 is 0 Å². The first-order chi connectivity index (χ1) is 10.7. The smallest absolute Gasteiger partial charge is 0.161 e. The summed E-state index contributed by atoms with van der Waals surface area (Å²) in [6.07, 6.45) is 0. The van der Waals surface area contributed by atoms with Crippen molar-refractivity contribution < 1.29 is 14.6 Å². The van der Waals surface area contributed by atoms with Crippen molar-refractivity contribution in [1.82, 2.24) is 9.88 Å². The summed E-state index contributed by atoms with van der Waals surface area (Å²) in [5, 5.41) is 11.9. The Morgan fingerprint density at radius 2 is 2.14 bits per heavy atom. The summed E-state index contributed by atoms with van der Waals surface area (Å²) in [6.45, 7) is 4.08. The van der Waals surface area contributed by atoms with Gasteiger partial charge in [0.15, 0.2) is 11.5 Å². The number of thiazole rings is 1. The van der Waals surface area contributed by atoms with E-state index in [4.69, 9.17) is 14.6 Å². The minimum atomic E-state index is 0.156. The Kier molecular flexibility index (Phi) is 6.18. The van der Waals surface area contributed by atoms with Gasteiger partial charge in [-0.2, -0.15) is 0 Å². The number of aromatic nitrogens is 1. The number of likely N-dealkylation sites (N-methyl/N-ethyl adjacent to an activating group) is 1. The van der Waals surface area contributed by atoms with Crippen molar-refractivity contribution in [3.63, 3.8) is 0 Å². The fourth-order valence-corrected chi connectivity index (χ4v) is 2.92. The number of aliphatic hydroxyl groups is 1. The summed E-state index contributed by atoms with van der Waals surface area (Å²) >= 11 is 1.60. The van der Waals surface area contributed by atoms with Crippen LogP contribution in [0.2, 0.25) is 0 Å². The molecule has 5 nitrogen and oxygen atoms in total. The number of benzene rings is 1. The number of hydrogen-bond acceptors (Lipinski definition) is 6. The maximum Gasteiger partial charge on any atom is 0.161 e. The molecule has 1 heterocycles. The van der Waals surface area contributed by atoms with Gasteiger partial charge in [-0.25, -0.2) is 4.98 Å². The summed E-state index contributed by atoms with van der Waals surface area (Å²) in [5.41, 5.74) is 2.02. The van der Waals surface area contributed by atoms with Gasteiger partial charge in [0.05, 0.1) is 26.0 Å². The van der Waals surface area contributed by atoms with E-state index < -0.39 is 0 Å². The highest BCUT2D eigenvalue weighted by atomic mass is 32.1. The molecule has 120 valence electrons. The van der Waals surface area contributed by atoms with E-state index in [1.54, 1.807) is 18.4 Å². The van der Waals surface area contributed by atoms with Crippen LogP contribution in [0, 0.1) is 0 Å². The lowest BCUT2D eigenvalue weighted by Crippen LogP contribution is -2.21. The molecule has 0 atom stereocenters. The third-order valence-corrected chi connectivity index (χ3v) is 4.12. The molecule has 0 amide bonds. The standard InChI is InChI=1S/C16H22N2O3S/c1-4-21-14-6-5-12(9-15(14)20-3)16-17-13(11-22-16)10-18(2)7-8-19/h5-6,9,11,19H,4,7-8,10H2,1-3H3. The third-order valence-electron chi connectivity index (χ3n) is 3.18. The summed E-state index contributed by atoms with van der Waals surface area (Å²) in [6, 6.07) is 5.86. The van der Waals surface area contributed by atoms with Crippen molar-refractivity contribution in [2.75, 3.05) is 33.9 Å². The number of aliphatic hydroxyl groups excluding tert-OH is 1. The largest absolute Gasteiger partial charge is 0.493 e. The molecule has 0 aliphatic heterocycles. The van der Waals surface area contributed by atoms with Gasteiger partial charge in [0.25, 0.3) is 0 Å². The Morgan fingerprint density at radius 3 is 2.82 bits per heavy atom. The monoisotopic (exact) mass is 322 g/mol. The van der Waals surface area contributed by atoms with Crippen LogP contribution in [0.3, 0.4) is 0 Å². The average molecular weight is 322 g/mol. The lowest BCUT2D eigenvalue weighted by atomic mass is 10.2. The molecular formula is C16H22N2O3S. The summed E-state index contributed by atoms with van der Waals surface area (Å²) in [5.74, 6) is 1.46. The topological polar surface area (TPSA) is 54.8 Å². The van der Waals surface area contributed by atoms with Crippen LogP contribution >= 0.6 is 11.3 Å². The molecule has 1 aromatic carbocycles. The zero-order valence-electron chi connectivity index (χ0n) is 13.2. The van der Waals surface area contributed by atoms with E-state index in [1.165, 1.54) is 0 Å². The highest BCUT2D eigenvalue weighted by molar-refractivity contribution is 7.13. The number of ether oxygens (including phenoxy) is 2. The lowest BCUT2D eigenvalue weighted by Gasteiger charge is -2.12. The summed E-state index contributed by atoms with van der Waals surface area (Å²) in [4.78, 5) is 6.69. The van der Waals surface area contributed by atoms with Crippen molar-refractivity contribution >= 4 is 11.3 Å². The molecule has 22 heavy (non-hydrogen) atoms. The second-order valence-electron chi connectivity index (χ2n) is 4.90. The number of hydrogen-bond donors (Lipinski definition) is 1. The molecule has 0 unspecified atom stereocenters. The fourth-order valence-electron chi connectivity index (χ4n) is 2.11. The molecule has 1 N–H and O–H groups in total. The molecule has 0 bridgehead atoms. The van der Waals surface area contributed by atoms with E-state index in [0.717, 1.165) is 28.6 Å². The van der Waals surface area contributed by atoms with Gasteiger partial charge in [-0.15, -0.1) is 11.3 Å². The molecule has 0 aliphatic rings. The van der Waals surface area contributed by atoms with Gasteiger partial charge in [-0.3, -0.25) is 4.90 Å². The van der Waals surface area contributed by atoms with Crippen molar-refractivity contribution in [2.24, 2.45) is 0 Å². The maximum atomic E-state index is 8.94. The molecule has 0 saturated heterocycles. The molecular weight excluding hydrogens is 300 g/mol. The Labute approximate surface area is 135 Å². The van der Waals surface area contributed by atoms with Gasteiger partial charge in [-0.1, -0.05) is 0 Å². The second kappa shape index (κ2) is 8.12. The van der Waals surface area contributed by atoms with Gasteiger partial charge in [0.1, 0.15) is 5.01 Å². The zero-order chi connectivity index (χ0) is 15.9. The van der Waals surface area contributed by atoms with Crippen molar-refractivity contribution in [1.29, 1.82) is 0 Å². The fraction of sp³-hybridized carbons (Fsp3) is 0.438. The quantitative estimate of drug-likeness (QED) is 0.810. The van der Waals surface area contributed by atoms with Crippen LogP contribution in [-0.4, -0.2) is 48.9 Å². The van der Waals surface area contributed by atoms with Gasteiger partial charge in [0.2, 0.25) is 0 Å². The minimum Gasteiger partial charge on any atom is -0.493 e. The maximum absolute atomic E-state index is 8.94. The number of methoxy groups -OCH3 is 1. The molecule has 0 aliphatic carbocycles. The van der Waals surface area contributed by atoms with Crippen LogP contribution in [0.4, 0.5) is 0 Å². The Balaban J connectivity index is 2.16. The number of nitrogens with zero attached hydrogens (tertiary/aromatic N) is 2. The highest BCUT2D eigenvalue weighted by Gasteiger charge is 2.10. The molecule has 1 aromatic heterocycles. The van der Waals surface area contributed by atoms with E-state index in [9.17, 15) is 0 Å². The van der Waals surface area contributed by atoms with Crippen molar-refractivity contribution in [2.45, 2.75) is 13.5 Å². The SMILES string of the molecule is CCOc1ccc(-c2nc(CN(C)CCO)cs2)cc1OC. The molecule has 2 rings (SSSR count). The van der Waals surface area contributed by atoms with Crippen LogP contribution in [-0.2, 0) is 6.54 Å². The average Bonchev–Trinajstić information content (AvgIpc) is 2.96. The summed E-state index contributed by atoms with van der Waals surface area (Å²) in [7, 11) is 3.61. The van der Waals surface area contributed by atoms with E-state index in [2.05, 4.69) is 4.98 Å². The predicted molar refractivity (Wildman–Crippen MR) is 88.7 cm³/mol. The molecule has 0 spiro atoms. The van der Waals surface area contributed by atoms with Crippen molar-refractivity contribution in [3.8, 4) is 22.1 Å². The molecule has 6 heteroatoms. The second-order valence-corrected chi connectivity index (χ2v) is 5.76. The van der Waals surface area contributed by atoms with E-state index in [0.29, 0.717) is 18.9 Å². The molecule has 0 radical (unpaired) electrons. The first-order valence-electron chi connectivity index (χ1n) is 7.23. The van der Waals surface area contributed by atoms with Crippen LogP contribution in [0.25, 0.3) is 10.6 Å². The van der Waals surface area contributed by atoms with Crippen LogP contribution in [0.5, 0.6) is 11.5 Å². The minimum absolute atomic E-state index is 0.156. The van der Waals surface area contributed by atoms with E-state index >= 15 is 0 Å². The summed E-state index contributed by atoms with van der Waals surface area (Å²) < 4.78 is 10.9. The third kappa shape index (κ3) is 4.19. The first kappa shape index (κ1) is 16.7. The van der Waals surface area contributed by atoms with Gasteiger partial charge in [-0.05, 0) is 32.2 Å². The first-order valence-corrected chi connectivity index (χ1v) is 8.11. The van der Waals surface area contributed by atoms with Crippen LogP contribution in [0.1, 0.15) is 12.6 Å². The zero-order valence-corrected chi connectivity index (χ0v) is 14.0. The van der Waals surface area contributed by atoms with Gasteiger partial charge in [0, 0.05) is 24.0 Å². The Bertz CT molecular complexity index is 601. The Hall–Kier alpha value is -1.63. The van der Waals surface area contributed by atoms with Gasteiger partial charge < -0.3 is 14.6 Å². The highest BCUT2D eigenvalue weighted by Crippen LogP contribution is 2.33. The molecule has 2 aromatic rings. The normalized spacial score (nSPS) is 11.0. The number of rotatable bonds is 8. The predicted octanol–water partition coefficient (Wildman–Crippen LogP) is 2.64. The van der Waals surface area contributed by atoms with Crippen LogP contribution in [0.15, 0.2) is 23.6 Å². The Morgan fingerprint density at radius 1 is 1.32 bits per heavy atom. The van der Waals surface area contributed by atoms with E-state index in [1.807, 2.05) is 42.5 Å². The molecule has 0 fully saturated rings. The molecule has 0 saturated carbocycles. The van der Waals surface area contributed by atoms with Crippen molar-refractivity contribution in [3.05, 3.63) is 29.3 Å².